The number of aldehydes is 1. The van der Waals surface area contributed by atoms with Gasteiger partial charge in [0, 0.05) is 22.6 Å². The van der Waals surface area contributed by atoms with Crippen molar-refractivity contribution in [1.82, 2.24) is 0 Å². The highest BCUT2D eigenvalue weighted by Gasteiger charge is 2.12. The molecule has 0 unspecified atom stereocenters. The van der Waals surface area contributed by atoms with Gasteiger partial charge in [0.2, 0.25) is 0 Å². The number of nitrogens with zero attached hydrogens (tertiary/aromatic N) is 1. The number of para-hydroxylation sites is 1. The molecule has 0 atom stereocenters. The van der Waals surface area contributed by atoms with Crippen LogP contribution in [-0.2, 0) is 0 Å². The number of hydrogen-bond donors (Lipinski definition) is 0. The Balaban J connectivity index is 0.00000102. The van der Waals surface area contributed by atoms with Crippen LogP contribution >= 0.6 is 0 Å². The fourth-order valence-corrected chi connectivity index (χ4v) is 3.04. The van der Waals surface area contributed by atoms with Crippen LogP contribution in [0.3, 0.4) is 0 Å². The van der Waals surface area contributed by atoms with Gasteiger partial charge in [-0.25, -0.2) is 0 Å². The molecule has 0 saturated heterocycles. The number of anilines is 3. The molecule has 0 amide bonds. The fraction of sp³-hybridized carbons (Fsp3) is 0.0800. The first-order valence-electron chi connectivity index (χ1n) is 9.24. The maximum absolute atomic E-state index is 11.0. The summed E-state index contributed by atoms with van der Waals surface area (Å²) in [5, 5.41) is 2.42. The summed E-state index contributed by atoms with van der Waals surface area (Å²) in [5.41, 5.74) is 3.86. The van der Waals surface area contributed by atoms with Crippen LogP contribution in [0.2, 0.25) is 0 Å². The van der Waals surface area contributed by atoms with Gasteiger partial charge in [-0.1, -0.05) is 62.4 Å². The number of benzene rings is 4. The van der Waals surface area contributed by atoms with Gasteiger partial charge in [-0.15, -0.1) is 0 Å². The summed E-state index contributed by atoms with van der Waals surface area (Å²) in [4.78, 5) is 13.2. The van der Waals surface area contributed by atoms with Gasteiger partial charge in [-0.05, 0) is 59.3 Å². The molecule has 4 aromatic carbocycles. The number of carbonyl (C=O) groups excluding carboxylic acids is 1. The normalized spacial score (nSPS) is 10.0. The van der Waals surface area contributed by atoms with E-state index in [1.807, 2.05) is 56.3 Å². The topological polar surface area (TPSA) is 20.3 Å². The van der Waals surface area contributed by atoms with Crippen LogP contribution in [0.1, 0.15) is 24.2 Å². The third kappa shape index (κ3) is 4.06. The molecule has 0 heterocycles. The van der Waals surface area contributed by atoms with Crippen molar-refractivity contribution < 1.29 is 4.79 Å². The molecule has 0 bridgehead atoms. The molecule has 0 aliphatic heterocycles. The van der Waals surface area contributed by atoms with E-state index < -0.39 is 0 Å². The Morgan fingerprint density at radius 3 is 1.81 bits per heavy atom. The molecule has 0 fully saturated rings. The second-order valence-electron chi connectivity index (χ2n) is 5.91. The Hall–Kier alpha value is -3.39. The van der Waals surface area contributed by atoms with E-state index in [9.17, 15) is 4.79 Å². The zero-order valence-corrected chi connectivity index (χ0v) is 15.7. The molecule has 0 saturated carbocycles. The van der Waals surface area contributed by atoms with Gasteiger partial charge in [-0.3, -0.25) is 4.79 Å². The van der Waals surface area contributed by atoms with Crippen LogP contribution in [0.25, 0.3) is 10.8 Å². The van der Waals surface area contributed by atoms with Crippen LogP contribution in [-0.4, -0.2) is 6.29 Å². The van der Waals surface area contributed by atoms with Crippen molar-refractivity contribution in [2.75, 3.05) is 4.90 Å². The standard InChI is InChI=1S/C23H17NO.C2H6/c25-17-18-10-13-22(14-11-18)24(21-8-2-1-3-9-21)23-15-12-19-6-4-5-7-20(19)16-23;1-2/h1-17H;1-2H3. The van der Waals surface area contributed by atoms with E-state index in [4.69, 9.17) is 0 Å². The molecule has 0 aliphatic rings. The molecule has 0 N–H and O–H groups in total. The summed E-state index contributed by atoms with van der Waals surface area (Å²) >= 11 is 0. The lowest BCUT2D eigenvalue weighted by molar-refractivity contribution is 0.112. The summed E-state index contributed by atoms with van der Waals surface area (Å²) in [5.74, 6) is 0. The van der Waals surface area contributed by atoms with Gasteiger partial charge in [0.05, 0.1) is 0 Å². The van der Waals surface area contributed by atoms with Gasteiger partial charge in [0.15, 0.2) is 0 Å². The van der Waals surface area contributed by atoms with Crippen molar-refractivity contribution in [1.29, 1.82) is 0 Å². The monoisotopic (exact) mass is 353 g/mol. The SMILES string of the molecule is CC.O=Cc1ccc(N(c2ccccc2)c2ccc3ccccc3c2)cc1. The molecular formula is C25H23NO. The van der Waals surface area contributed by atoms with Crippen molar-refractivity contribution in [3.8, 4) is 0 Å². The first kappa shape index (κ1) is 18.4. The van der Waals surface area contributed by atoms with Gasteiger partial charge in [-0.2, -0.15) is 0 Å². The number of rotatable bonds is 4. The van der Waals surface area contributed by atoms with Crippen molar-refractivity contribution in [3.63, 3.8) is 0 Å². The van der Waals surface area contributed by atoms with E-state index >= 15 is 0 Å². The summed E-state index contributed by atoms with van der Waals surface area (Å²) in [7, 11) is 0. The lowest BCUT2D eigenvalue weighted by Crippen LogP contribution is -2.09. The van der Waals surface area contributed by atoms with Gasteiger partial charge >= 0.3 is 0 Å². The zero-order valence-electron chi connectivity index (χ0n) is 15.7. The Morgan fingerprint density at radius 2 is 1.15 bits per heavy atom. The van der Waals surface area contributed by atoms with Crippen LogP contribution in [0.15, 0.2) is 97.1 Å². The van der Waals surface area contributed by atoms with Crippen LogP contribution in [0, 0.1) is 0 Å². The predicted molar refractivity (Wildman–Crippen MR) is 115 cm³/mol. The quantitative estimate of drug-likeness (QED) is 0.363. The fourth-order valence-electron chi connectivity index (χ4n) is 3.04. The number of carbonyl (C=O) groups is 1. The minimum atomic E-state index is 0.676. The highest BCUT2D eigenvalue weighted by Crippen LogP contribution is 2.35. The average molecular weight is 353 g/mol. The Morgan fingerprint density at radius 1 is 0.593 bits per heavy atom. The Labute approximate surface area is 160 Å². The highest BCUT2D eigenvalue weighted by atomic mass is 16.1. The third-order valence-electron chi connectivity index (χ3n) is 4.29. The van der Waals surface area contributed by atoms with E-state index in [2.05, 4.69) is 59.5 Å². The molecule has 134 valence electrons. The first-order valence-corrected chi connectivity index (χ1v) is 9.24. The molecule has 0 radical (unpaired) electrons. The van der Waals surface area contributed by atoms with Crippen LogP contribution in [0.4, 0.5) is 17.1 Å². The predicted octanol–water partition coefficient (Wildman–Crippen LogP) is 7.15. The summed E-state index contributed by atoms with van der Waals surface area (Å²) in [6.07, 6.45) is 0.868. The van der Waals surface area contributed by atoms with Gasteiger partial charge < -0.3 is 4.90 Å². The summed E-state index contributed by atoms with van der Waals surface area (Å²) in [6, 6.07) is 32.7. The van der Waals surface area contributed by atoms with Crippen LogP contribution in [0.5, 0.6) is 0 Å². The third-order valence-corrected chi connectivity index (χ3v) is 4.29. The Kier molecular flexibility index (Phi) is 6.01. The molecule has 4 rings (SSSR count). The molecule has 27 heavy (non-hydrogen) atoms. The largest absolute Gasteiger partial charge is 0.310 e. The van der Waals surface area contributed by atoms with E-state index in [0.717, 1.165) is 23.3 Å². The number of hydrogen-bond acceptors (Lipinski definition) is 2. The molecule has 0 aliphatic carbocycles. The molecular weight excluding hydrogens is 330 g/mol. The van der Waals surface area contributed by atoms with Gasteiger partial charge in [0.1, 0.15) is 6.29 Å². The molecule has 0 aromatic heterocycles. The van der Waals surface area contributed by atoms with Crippen molar-refractivity contribution >= 4 is 34.1 Å². The van der Waals surface area contributed by atoms with Crippen molar-refractivity contribution in [3.05, 3.63) is 103 Å². The first-order chi connectivity index (χ1) is 13.3. The smallest absolute Gasteiger partial charge is 0.150 e. The second kappa shape index (κ2) is 8.81. The molecule has 4 aromatic rings. The van der Waals surface area contributed by atoms with E-state index in [0.29, 0.717) is 5.56 Å². The summed E-state index contributed by atoms with van der Waals surface area (Å²) < 4.78 is 0. The van der Waals surface area contributed by atoms with Gasteiger partial charge in [0.25, 0.3) is 0 Å². The van der Waals surface area contributed by atoms with Crippen molar-refractivity contribution in [2.45, 2.75) is 13.8 Å². The maximum Gasteiger partial charge on any atom is 0.150 e. The van der Waals surface area contributed by atoms with E-state index in [-0.39, 0.29) is 0 Å². The molecule has 2 nitrogen and oxygen atoms in total. The minimum absolute atomic E-state index is 0.676. The van der Waals surface area contributed by atoms with Crippen LogP contribution < -0.4 is 4.90 Å². The Bertz CT molecular complexity index is 1010. The second-order valence-corrected chi connectivity index (χ2v) is 5.91. The van der Waals surface area contributed by atoms with Crippen molar-refractivity contribution in [2.24, 2.45) is 0 Å². The summed E-state index contributed by atoms with van der Waals surface area (Å²) in [6.45, 7) is 4.00. The maximum atomic E-state index is 11.0. The lowest BCUT2D eigenvalue weighted by atomic mass is 10.1. The minimum Gasteiger partial charge on any atom is -0.310 e. The van der Waals surface area contributed by atoms with E-state index in [1.165, 1.54) is 10.8 Å². The highest BCUT2D eigenvalue weighted by molar-refractivity contribution is 5.89. The number of fused-ring (bicyclic) bond motifs is 1. The molecule has 2 heteroatoms. The zero-order chi connectivity index (χ0) is 19.1. The van der Waals surface area contributed by atoms with E-state index in [1.54, 1.807) is 0 Å². The lowest BCUT2D eigenvalue weighted by Gasteiger charge is -2.25. The average Bonchev–Trinajstić information content (AvgIpc) is 2.76. The molecule has 0 spiro atoms.